The first-order valence-electron chi connectivity index (χ1n) is 8.74. The zero-order valence-electron chi connectivity index (χ0n) is 14.6. The predicted molar refractivity (Wildman–Crippen MR) is 103 cm³/mol. The number of hydrogen-bond donors (Lipinski definition) is 1. The third-order valence-corrected chi connectivity index (χ3v) is 6.18. The van der Waals surface area contributed by atoms with Gasteiger partial charge >= 0.3 is 0 Å². The summed E-state index contributed by atoms with van der Waals surface area (Å²) in [5, 5.41) is 0.213. The van der Waals surface area contributed by atoms with Gasteiger partial charge in [0.1, 0.15) is 5.82 Å². The summed E-state index contributed by atoms with van der Waals surface area (Å²) in [6.45, 7) is 1.28. The van der Waals surface area contributed by atoms with Gasteiger partial charge in [-0.2, -0.15) is 0 Å². The van der Waals surface area contributed by atoms with E-state index in [1.165, 1.54) is 30.3 Å². The van der Waals surface area contributed by atoms with Gasteiger partial charge in [-0.15, -0.1) is 0 Å². The maximum absolute atomic E-state index is 13.0. The molecule has 1 amide bonds. The van der Waals surface area contributed by atoms with E-state index in [-0.39, 0.29) is 27.1 Å². The van der Waals surface area contributed by atoms with Crippen LogP contribution in [0.2, 0.25) is 5.02 Å². The highest BCUT2D eigenvalue weighted by Gasteiger charge is 2.23. The van der Waals surface area contributed by atoms with Gasteiger partial charge in [0.15, 0.2) is 0 Å². The van der Waals surface area contributed by atoms with E-state index in [4.69, 9.17) is 11.6 Å². The van der Waals surface area contributed by atoms with Gasteiger partial charge in [-0.1, -0.05) is 24.4 Å². The SMILES string of the molecule is O=C(c1cc(S(=O)(=O)Nc2ccc(F)cc2)ccc1Cl)N1CCCCCC1. The fourth-order valence-corrected chi connectivity index (χ4v) is 4.29. The van der Waals surface area contributed by atoms with E-state index >= 15 is 0 Å². The molecule has 2 aromatic carbocycles. The molecule has 5 nitrogen and oxygen atoms in total. The number of carbonyl (C=O) groups excluding carboxylic acids is 1. The molecule has 0 spiro atoms. The fourth-order valence-electron chi connectivity index (χ4n) is 3.01. The van der Waals surface area contributed by atoms with Gasteiger partial charge < -0.3 is 4.90 Å². The Kier molecular flexibility index (Phi) is 6.01. The molecule has 1 heterocycles. The molecule has 0 saturated carbocycles. The standard InChI is InChI=1S/C19H20ClFN2O3S/c20-18-10-9-16(27(25,26)22-15-7-5-14(21)6-8-15)13-17(18)19(24)23-11-3-1-2-4-12-23/h5-10,13,22H,1-4,11-12H2. The molecule has 1 saturated heterocycles. The Balaban J connectivity index is 1.87. The summed E-state index contributed by atoms with van der Waals surface area (Å²) >= 11 is 6.17. The Morgan fingerprint density at radius 3 is 2.26 bits per heavy atom. The fraction of sp³-hybridized carbons (Fsp3) is 0.316. The molecule has 1 aliphatic heterocycles. The number of halogens is 2. The Morgan fingerprint density at radius 2 is 1.63 bits per heavy atom. The number of sulfonamides is 1. The number of likely N-dealkylation sites (tertiary alicyclic amines) is 1. The zero-order valence-corrected chi connectivity index (χ0v) is 16.2. The highest BCUT2D eigenvalue weighted by atomic mass is 35.5. The van der Waals surface area contributed by atoms with Crippen LogP contribution in [0.15, 0.2) is 47.4 Å². The smallest absolute Gasteiger partial charge is 0.261 e. The molecule has 1 fully saturated rings. The molecule has 1 aliphatic rings. The van der Waals surface area contributed by atoms with Crippen LogP contribution in [0.3, 0.4) is 0 Å². The summed E-state index contributed by atoms with van der Waals surface area (Å²) in [6, 6.07) is 9.01. The Morgan fingerprint density at radius 1 is 1.00 bits per heavy atom. The number of carbonyl (C=O) groups is 1. The van der Waals surface area contributed by atoms with Gasteiger partial charge in [0.25, 0.3) is 15.9 Å². The molecule has 3 rings (SSSR count). The molecule has 27 heavy (non-hydrogen) atoms. The number of hydrogen-bond acceptors (Lipinski definition) is 3. The summed E-state index contributed by atoms with van der Waals surface area (Å²) in [7, 11) is -3.94. The van der Waals surface area contributed by atoms with E-state index in [1.54, 1.807) is 4.90 Å². The molecule has 0 aromatic heterocycles. The Hall–Kier alpha value is -2.12. The van der Waals surface area contributed by atoms with Crippen molar-refractivity contribution in [1.29, 1.82) is 0 Å². The molecule has 1 N–H and O–H groups in total. The van der Waals surface area contributed by atoms with Crippen molar-refractivity contribution in [1.82, 2.24) is 4.90 Å². The Bertz CT molecular complexity index is 924. The van der Waals surface area contributed by atoms with Crippen LogP contribution in [0.5, 0.6) is 0 Å². The van der Waals surface area contributed by atoms with Crippen LogP contribution < -0.4 is 4.72 Å². The van der Waals surface area contributed by atoms with Gasteiger partial charge in [0, 0.05) is 18.8 Å². The maximum atomic E-state index is 13.0. The van der Waals surface area contributed by atoms with Crippen LogP contribution in [0.25, 0.3) is 0 Å². The summed E-state index contributed by atoms with van der Waals surface area (Å²) < 4.78 is 40.6. The summed E-state index contributed by atoms with van der Waals surface area (Å²) in [4.78, 5) is 14.5. The minimum absolute atomic E-state index is 0.0746. The van der Waals surface area contributed by atoms with E-state index < -0.39 is 15.8 Å². The lowest BCUT2D eigenvalue weighted by atomic mass is 10.2. The molecule has 8 heteroatoms. The van der Waals surface area contributed by atoms with Crippen LogP contribution in [0.1, 0.15) is 36.0 Å². The van der Waals surface area contributed by atoms with Gasteiger partial charge in [-0.05, 0) is 55.3 Å². The lowest BCUT2D eigenvalue weighted by molar-refractivity contribution is 0.0761. The van der Waals surface area contributed by atoms with Crippen molar-refractivity contribution < 1.29 is 17.6 Å². The molecule has 2 aromatic rings. The number of rotatable bonds is 4. The molecule has 144 valence electrons. The molecular weight excluding hydrogens is 391 g/mol. The van der Waals surface area contributed by atoms with Gasteiger partial charge in [0.2, 0.25) is 0 Å². The van der Waals surface area contributed by atoms with Crippen molar-refractivity contribution in [3.8, 4) is 0 Å². The Labute approximate surface area is 163 Å². The average molecular weight is 411 g/mol. The van der Waals surface area contributed by atoms with Crippen molar-refractivity contribution >= 4 is 33.2 Å². The minimum Gasteiger partial charge on any atom is -0.339 e. The van der Waals surface area contributed by atoms with Crippen molar-refractivity contribution in [2.75, 3.05) is 17.8 Å². The van der Waals surface area contributed by atoms with Crippen molar-refractivity contribution in [3.05, 3.63) is 58.9 Å². The van der Waals surface area contributed by atoms with Crippen LogP contribution in [-0.4, -0.2) is 32.3 Å². The third kappa shape index (κ3) is 4.78. The molecular formula is C19H20ClFN2O3S. The monoisotopic (exact) mass is 410 g/mol. The second-order valence-corrected chi connectivity index (χ2v) is 8.55. The van der Waals surface area contributed by atoms with Gasteiger partial charge in [-0.25, -0.2) is 12.8 Å². The van der Waals surface area contributed by atoms with E-state index in [9.17, 15) is 17.6 Å². The number of nitrogens with zero attached hydrogens (tertiary/aromatic N) is 1. The number of amides is 1. The summed E-state index contributed by atoms with van der Waals surface area (Å²) in [5.74, 6) is -0.726. The topological polar surface area (TPSA) is 66.5 Å². The highest BCUT2D eigenvalue weighted by Crippen LogP contribution is 2.25. The lowest BCUT2D eigenvalue weighted by Crippen LogP contribution is -2.32. The first-order valence-corrected chi connectivity index (χ1v) is 10.6. The first-order chi connectivity index (χ1) is 12.9. The normalized spacial score (nSPS) is 15.3. The van der Waals surface area contributed by atoms with E-state index in [1.807, 2.05) is 0 Å². The zero-order chi connectivity index (χ0) is 19.4. The second kappa shape index (κ2) is 8.27. The second-order valence-electron chi connectivity index (χ2n) is 6.46. The first kappa shape index (κ1) is 19.6. The molecule has 0 aliphatic carbocycles. The molecule has 0 atom stereocenters. The van der Waals surface area contributed by atoms with Crippen LogP contribution in [-0.2, 0) is 10.0 Å². The quantitative estimate of drug-likeness (QED) is 0.817. The van der Waals surface area contributed by atoms with Crippen LogP contribution >= 0.6 is 11.6 Å². The average Bonchev–Trinajstić information content (AvgIpc) is 2.92. The predicted octanol–water partition coefficient (Wildman–Crippen LogP) is 4.30. The maximum Gasteiger partial charge on any atom is 0.261 e. The van der Waals surface area contributed by atoms with Gasteiger partial charge in [0.05, 0.1) is 15.5 Å². The number of benzene rings is 2. The number of nitrogens with one attached hydrogen (secondary N) is 1. The largest absolute Gasteiger partial charge is 0.339 e. The summed E-state index contributed by atoms with van der Waals surface area (Å²) in [5.41, 5.74) is 0.396. The summed E-state index contributed by atoms with van der Waals surface area (Å²) in [6.07, 6.45) is 4.00. The van der Waals surface area contributed by atoms with Gasteiger partial charge in [-0.3, -0.25) is 9.52 Å². The van der Waals surface area contributed by atoms with E-state index in [0.717, 1.165) is 37.8 Å². The van der Waals surface area contributed by atoms with E-state index in [2.05, 4.69) is 4.72 Å². The molecule has 0 bridgehead atoms. The lowest BCUT2D eigenvalue weighted by Gasteiger charge is -2.21. The van der Waals surface area contributed by atoms with Crippen LogP contribution in [0.4, 0.5) is 10.1 Å². The van der Waals surface area contributed by atoms with Crippen molar-refractivity contribution in [2.24, 2.45) is 0 Å². The van der Waals surface area contributed by atoms with Crippen molar-refractivity contribution in [2.45, 2.75) is 30.6 Å². The van der Waals surface area contributed by atoms with Crippen LogP contribution in [0, 0.1) is 5.82 Å². The molecule has 0 radical (unpaired) electrons. The van der Waals surface area contributed by atoms with Crippen molar-refractivity contribution in [3.63, 3.8) is 0 Å². The van der Waals surface area contributed by atoms with E-state index in [0.29, 0.717) is 13.1 Å². The minimum atomic E-state index is -3.94. The number of anilines is 1. The third-order valence-electron chi connectivity index (χ3n) is 4.47. The highest BCUT2D eigenvalue weighted by molar-refractivity contribution is 7.92. The molecule has 0 unspecified atom stereocenters.